The van der Waals surface area contributed by atoms with Gasteiger partial charge in [-0.1, -0.05) is 52.4 Å². The van der Waals surface area contributed by atoms with Crippen LogP contribution in [-0.2, 0) is 13.6 Å². The molecule has 0 spiro atoms. The molecule has 6 heteroatoms. The largest absolute Gasteiger partial charge is 0.356 e. The van der Waals surface area contributed by atoms with E-state index in [-0.39, 0.29) is 0 Å². The van der Waals surface area contributed by atoms with Crippen LogP contribution in [0.3, 0.4) is 0 Å². The molecule has 0 aromatic carbocycles. The Bertz CT molecular complexity index is 544. The van der Waals surface area contributed by atoms with Gasteiger partial charge in [0.1, 0.15) is 12.4 Å². The monoisotopic (exact) mass is 362 g/mol. The average molecular weight is 363 g/mol. The van der Waals surface area contributed by atoms with E-state index in [0.29, 0.717) is 18.5 Å². The molecule has 6 nitrogen and oxygen atoms in total. The molecule has 0 saturated heterocycles. The van der Waals surface area contributed by atoms with Crippen LogP contribution in [-0.4, -0.2) is 33.3 Å². The normalized spacial score (nSPS) is 17.3. The van der Waals surface area contributed by atoms with E-state index in [1.807, 2.05) is 18.5 Å². The summed E-state index contributed by atoms with van der Waals surface area (Å²) in [5.74, 6) is 3.48. The van der Waals surface area contributed by atoms with Gasteiger partial charge in [-0.15, -0.1) is 10.2 Å². The highest BCUT2D eigenvalue weighted by molar-refractivity contribution is 5.80. The van der Waals surface area contributed by atoms with E-state index >= 15 is 0 Å². The maximum Gasteiger partial charge on any atom is 0.191 e. The number of aryl methyl sites for hydroxylation is 1. The average Bonchev–Trinajstić information content (AvgIpc) is 2.98. The maximum absolute atomic E-state index is 4.82. The second-order valence-corrected chi connectivity index (χ2v) is 7.66. The van der Waals surface area contributed by atoms with Gasteiger partial charge in [0, 0.05) is 19.6 Å². The first-order valence-electron chi connectivity index (χ1n) is 10.5. The SMILES string of the molecule is CCCCC(CC)CNC(=NCc1nnc(C)n1C)NC1CCCCC1. The Morgan fingerprint density at radius 3 is 2.62 bits per heavy atom. The number of aliphatic imine (C=N–C) groups is 1. The lowest BCUT2D eigenvalue weighted by atomic mass is 9.95. The van der Waals surface area contributed by atoms with Gasteiger partial charge >= 0.3 is 0 Å². The maximum atomic E-state index is 4.82. The third kappa shape index (κ3) is 6.61. The van der Waals surface area contributed by atoms with Crippen molar-refractivity contribution in [3.63, 3.8) is 0 Å². The number of nitrogens with one attached hydrogen (secondary N) is 2. The molecule has 148 valence electrons. The third-order valence-corrected chi connectivity index (χ3v) is 5.61. The summed E-state index contributed by atoms with van der Waals surface area (Å²) in [4.78, 5) is 4.82. The zero-order chi connectivity index (χ0) is 18.8. The summed E-state index contributed by atoms with van der Waals surface area (Å²) in [6, 6.07) is 0.548. The minimum atomic E-state index is 0.548. The molecule has 1 aliphatic rings. The lowest BCUT2D eigenvalue weighted by Gasteiger charge is -2.26. The summed E-state index contributed by atoms with van der Waals surface area (Å²) in [7, 11) is 2.00. The van der Waals surface area contributed by atoms with Gasteiger partial charge in [0.15, 0.2) is 11.8 Å². The molecule has 2 rings (SSSR count). The molecular formula is C20H38N6. The topological polar surface area (TPSA) is 67.1 Å². The summed E-state index contributed by atoms with van der Waals surface area (Å²) in [6.45, 7) is 8.08. The van der Waals surface area contributed by atoms with Crippen molar-refractivity contribution >= 4 is 5.96 Å². The number of hydrogen-bond donors (Lipinski definition) is 2. The van der Waals surface area contributed by atoms with E-state index in [2.05, 4.69) is 34.7 Å². The number of rotatable bonds is 9. The van der Waals surface area contributed by atoms with E-state index in [4.69, 9.17) is 4.99 Å². The van der Waals surface area contributed by atoms with Crippen LogP contribution >= 0.6 is 0 Å². The lowest BCUT2D eigenvalue weighted by molar-refractivity contribution is 0.403. The Kier molecular flexibility index (Phi) is 8.92. The van der Waals surface area contributed by atoms with Crippen LogP contribution in [0.25, 0.3) is 0 Å². The predicted molar refractivity (Wildman–Crippen MR) is 108 cm³/mol. The minimum absolute atomic E-state index is 0.548. The van der Waals surface area contributed by atoms with Gasteiger partial charge in [0.05, 0.1) is 0 Å². The molecule has 0 aliphatic heterocycles. The second-order valence-electron chi connectivity index (χ2n) is 7.66. The van der Waals surface area contributed by atoms with E-state index < -0.39 is 0 Å². The highest BCUT2D eigenvalue weighted by atomic mass is 15.3. The summed E-state index contributed by atoms with van der Waals surface area (Å²) in [6.07, 6.45) is 11.6. The van der Waals surface area contributed by atoms with Crippen molar-refractivity contribution in [2.24, 2.45) is 18.0 Å². The first-order chi connectivity index (χ1) is 12.6. The van der Waals surface area contributed by atoms with Gasteiger partial charge < -0.3 is 15.2 Å². The summed E-state index contributed by atoms with van der Waals surface area (Å²) in [5, 5.41) is 15.6. The van der Waals surface area contributed by atoms with E-state index in [0.717, 1.165) is 24.2 Å². The molecule has 1 heterocycles. The summed E-state index contributed by atoms with van der Waals surface area (Å²) < 4.78 is 2.01. The fraction of sp³-hybridized carbons (Fsp3) is 0.850. The zero-order valence-electron chi connectivity index (χ0n) is 17.2. The Hall–Kier alpha value is -1.59. The number of guanidine groups is 1. The molecule has 1 aromatic heterocycles. The van der Waals surface area contributed by atoms with Crippen molar-refractivity contribution in [2.45, 2.75) is 91.1 Å². The number of unbranched alkanes of at least 4 members (excludes halogenated alkanes) is 1. The van der Waals surface area contributed by atoms with Crippen LogP contribution in [0.1, 0.15) is 83.3 Å². The van der Waals surface area contributed by atoms with Crippen LogP contribution in [0.15, 0.2) is 4.99 Å². The molecule has 0 radical (unpaired) electrons. The second kappa shape index (κ2) is 11.2. The van der Waals surface area contributed by atoms with Crippen molar-refractivity contribution in [1.82, 2.24) is 25.4 Å². The van der Waals surface area contributed by atoms with E-state index in [9.17, 15) is 0 Å². The smallest absolute Gasteiger partial charge is 0.191 e. The van der Waals surface area contributed by atoms with Crippen LogP contribution in [0.2, 0.25) is 0 Å². The molecule has 26 heavy (non-hydrogen) atoms. The molecule has 1 fully saturated rings. The molecule has 0 amide bonds. The van der Waals surface area contributed by atoms with Gasteiger partial charge in [0.25, 0.3) is 0 Å². The molecular weight excluding hydrogens is 324 g/mol. The highest BCUT2D eigenvalue weighted by Crippen LogP contribution is 2.17. The van der Waals surface area contributed by atoms with Gasteiger partial charge in [-0.2, -0.15) is 0 Å². The quantitative estimate of drug-likeness (QED) is 0.519. The van der Waals surface area contributed by atoms with Crippen molar-refractivity contribution in [3.8, 4) is 0 Å². The standard InChI is InChI=1S/C20H38N6/c1-5-7-11-17(6-2)14-21-20(23-18-12-9-8-10-13-18)22-15-19-25-24-16(3)26(19)4/h17-18H,5-15H2,1-4H3,(H2,21,22,23). The number of hydrogen-bond acceptors (Lipinski definition) is 3. The fourth-order valence-corrected chi connectivity index (χ4v) is 3.52. The zero-order valence-corrected chi connectivity index (χ0v) is 17.2. The Morgan fingerprint density at radius 2 is 2.00 bits per heavy atom. The first-order valence-corrected chi connectivity index (χ1v) is 10.5. The molecule has 1 aromatic rings. The molecule has 1 aliphatic carbocycles. The number of nitrogens with zero attached hydrogens (tertiary/aromatic N) is 4. The van der Waals surface area contributed by atoms with Crippen molar-refractivity contribution in [1.29, 1.82) is 0 Å². The van der Waals surface area contributed by atoms with Gasteiger partial charge in [0.2, 0.25) is 0 Å². The molecule has 1 atom stereocenters. The Labute approximate surface area is 159 Å². The summed E-state index contributed by atoms with van der Waals surface area (Å²) in [5.41, 5.74) is 0. The third-order valence-electron chi connectivity index (χ3n) is 5.61. The van der Waals surface area contributed by atoms with E-state index in [1.54, 1.807) is 0 Å². The van der Waals surface area contributed by atoms with Gasteiger partial charge in [-0.25, -0.2) is 4.99 Å². The Balaban J connectivity index is 1.97. The van der Waals surface area contributed by atoms with E-state index in [1.165, 1.54) is 57.8 Å². The van der Waals surface area contributed by atoms with Crippen molar-refractivity contribution in [2.75, 3.05) is 6.54 Å². The van der Waals surface area contributed by atoms with Crippen LogP contribution in [0, 0.1) is 12.8 Å². The summed E-state index contributed by atoms with van der Waals surface area (Å²) >= 11 is 0. The van der Waals surface area contributed by atoms with Crippen molar-refractivity contribution < 1.29 is 0 Å². The molecule has 2 N–H and O–H groups in total. The number of aromatic nitrogens is 3. The van der Waals surface area contributed by atoms with Gasteiger partial charge in [-0.05, 0) is 32.1 Å². The van der Waals surface area contributed by atoms with Crippen molar-refractivity contribution in [3.05, 3.63) is 11.6 Å². The molecule has 1 unspecified atom stereocenters. The van der Waals surface area contributed by atoms with Crippen LogP contribution in [0.4, 0.5) is 0 Å². The fourth-order valence-electron chi connectivity index (χ4n) is 3.52. The lowest BCUT2D eigenvalue weighted by Crippen LogP contribution is -2.45. The van der Waals surface area contributed by atoms with Gasteiger partial charge in [-0.3, -0.25) is 0 Å². The molecule has 0 bridgehead atoms. The molecule has 1 saturated carbocycles. The predicted octanol–water partition coefficient (Wildman–Crippen LogP) is 3.71. The van der Waals surface area contributed by atoms with Crippen LogP contribution < -0.4 is 10.6 Å². The van der Waals surface area contributed by atoms with Crippen LogP contribution in [0.5, 0.6) is 0 Å². The minimum Gasteiger partial charge on any atom is -0.356 e. The first kappa shape index (κ1) is 20.7. The highest BCUT2D eigenvalue weighted by Gasteiger charge is 2.16. The Morgan fingerprint density at radius 1 is 1.23 bits per heavy atom.